The maximum absolute atomic E-state index is 13.5. The van der Waals surface area contributed by atoms with Gasteiger partial charge in [0.05, 0.1) is 13.0 Å². The summed E-state index contributed by atoms with van der Waals surface area (Å²) in [5, 5.41) is 3.52. The molecule has 0 radical (unpaired) electrons. The van der Waals surface area contributed by atoms with Crippen molar-refractivity contribution in [3.8, 4) is 5.75 Å². The number of fused-ring (bicyclic) bond motifs is 2. The minimum Gasteiger partial charge on any atom is -0.493 e. The van der Waals surface area contributed by atoms with E-state index in [-0.39, 0.29) is 17.8 Å². The highest BCUT2D eigenvalue weighted by atomic mass is 19.1. The standard InChI is InChI=1S/C26H33FN2O2/c1-18(2)17-31-24-11-5-19(6-12-24)13-25(30)29(16-20-3-9-23(27)10-4-20)26-21-7-8-22(26)15-28-14-21/h3-6,9-12,18,21-22,26,28H,7-8,13-17H2,1-2H3/t21-,22+,26+. The fourth-order valence-electron chi connectivity index (χ4n) is 4.95. The van der Waals surface area contributed by atoms with Crippen LogP contribution < -0.4 is 10.1 Å². The van der Waals surface area contributed by atoms with Crippen molar-refractivity contribution in [3.05, 3.63) is 65.5 Å². The van der Waals surface area contributed by atoms with Crippen LogP contribution in [0.4, 0.5) is 4.39 Å². The van der Waals surface area contributed by atoms with Gasteiger partial charge in [0.15, 0.2) is 0 Å². The molecule has 1 amide bonds. The summed E-state index contributed by atoms with van der Waals surface area (Å²) >= 11 is 0. The third kappa shape index (κ3) is 5.45. The SMILES string of the molecule is CC(C)COc1ccc(CC(=O)N(Cc2ccc(F)cc2)[C@H]2[C@@H]3CC[C@H]2CNC3)cc1. The van der Waals surface area contributed by atoms with Crippen LogP contribution in [0.5, 0.6) is 5.75 Å². The molecule has 2 aromatic carbocycles. The molecule has 4 nitrogen and oxygen atoms in total. The van der Waals surface area contributed by atoms with Gasteiger partial charge in [-0.3, -0.25) is 4.79 Å². The molecule has 1 aliphatic carbocycles. The number of ether oxygens (including phenoxy) is 1. The lowest BCUT2D eigenvalue weighted by molar-refractivity contribution is -0.135. The number of benzene rings is 2. The summed E-state index contributed by atoms with van der Waals surface area (Å²) in [7, 11) is 0. The predicted molar refractivity (Wildman–Crippen MR) is 120 cm³/mol. The molecule has 0 aromatic heterocycles. The van der Waals surface area contributed by atoms with Gasteiger partial charge in [0.25, 0.3) is 0 Å². The first-order valence-electron chi connectivity index (χ1n) is 11.5. The molecular formula is C26H33FN2O2. The Morgan fingerprint density at radius 2 is 1.65 bits per heavy atom. The van der Waals surface area contributed by atoms with Gasteiger partial charge >= 0.3 is 0 Å². The first-order chi connectivity index (χ1) is 15.0. The van der Waals surface area contributed by atoms with Gasteiger partial charge in [-0.05, 0) is 79.1 Å². The van der Waals surface area contributed by atoms with Crippen molar-refractivity contribution in [2.24, 2.45) is 17.8 Å². The van der Waals surface area contributed by atoms with Crippen LogP contribution in [-0.2, 0) is 17.8 Å². The summed E-state index contributed by atoms with van der Waals surface area (Å²) in [6.45, 7) is 7.40. The third-order valence-electron chi connectivity index (χ3n) is 6.50. The minimum absolute atomic E-state index is 0.143. The molecule has 2 aromatic rings. The summed E-state index contributed by atoms with van der Waals surface area (Å²) in [4.78, 5) is 15.6. The van der Waals surface area contributed by atoms with E-state index < -0.39 is 0 Å². The molecule has 1 aliphatic heterocycles. The van der Waals surface area contributed by atoms with Crippen LogP contribution in [0.15, 0.2) is 48.5 Å². The lowest BCUT2D eigenvalue weighted by atomic mass is 9.91. The second-order valence-corrected chi connectivity index (χ2v) is 9.42. The normalized spacial score (nSPS) is 22.5. The molecule has 5 heteroatoms. The fourth-order valence-corrected chi connectivity index (χ4v) is 4.95. The molecule has 4 rings (SSSR count). The topological polar surface area (TPSA) is 41.6 Å². The highest BCUT2D eigenvalue weighted by Gasteiger charge is 2.43. The van der Waals surface area contributed by atoms with Crippen LogP contribution >= 0.6 is 0 Å². The first kappa shape index (κ1) is 21.8. The number of amides is 1. The largest absolute Gasteiger partial charge is 0.493 e. The Labute approximate surface area is 184 Å². The minimum atomic E-state index is -0.247. The van der Waals surface area contributed by atoms with Crippen LogP contribution in [0.25, 0.3) is 0 Å². The van der Waals surface area contributed by atoms with E-state index in [0.29, 0.717) is 37.3 Å². The number of hydrogen-bond acceptors (Lipinski definition) is 3. The van der Waals surface area contributed by atoms with E-state index in [1.165, 1.54) is 12.1 Å². The highest BCUT2D eigenvalue weighted by Crippen LogP contribution is 2.38. The van der Waals surface area contributed by atoms with Crippen molar-refractivity contribution >= 4 is 5.91 Å². The Hall–Kier alpha value is -2.40. The van der Waals surface area contributed by atoms with E-state index in [1.54, 1.807) is 12.1 Å². The molecule has 166 valence electrons. The molecule has 0 spiro atoms. The van der Waals surface area contributed by atoms with Crippen LogP contribution in [0.3, 0.4) is 0 Å². The van der Waals surface area contributed by atoms with E-state index in [4.69, 9.17) is 4.74 Å². The zero-order chi connectivity index (χ0) is 21.8. The number of hydrogen-bond donors (Lipinski definition) is 1. The molecule has 3 atom stereocenters. The number of carbonyl (C=O) groups excluding carboxylic acids is 1. The average Bonchev–Trinajstić information content (AvgIpc) is 2.99. The van der Waals surface area contributed by atoms with E-state index in [0.717, 1.165) is 42.8 Å². The van der Waals surface area contributed by atoms with Crippen LogP contribution in [-0.4, -0.2) is 36.5 Å². The Morgan fingerprint density at radius 1 is 1.03 bits per heavy atom. The zero-order valence-corrected chi connectivity index (χ0v) is 18.5. The van der Waals surface area contributed by atoms with Gasteiger partial charge in [-0.25, -0.2) is 4.39 Å². The van der Waals surface area contributed by atoms with E-state index in [1.807, 2.05) is 24.3 Å². The van der Waals surface area contributed by atoms with E-state index >= 15 is 0 Å². The maximum Gasteiger partial charge on any atom is 0.227 e. The Bertz CT molecular complexity index is 850. The molecule has 2 aliphatic rings. The summed E-state index contributed by atoms with van der Waals surface area (Å²) in [6, 6.07) is 14.7. The van der Waals surface area contributed by atoms with Gasteiger partial charge in [-0.15, -0.1) is 0 Å². The number of nitrogens with zero attached hydrogens (tertiary/aromatic N) is 1. The smallest absolute Gasteiger partial charge is 0.227 e. The number of carbonyl (C=O) groups is 1. The summed E-state index contributed by atoms with van der Waals surface area (Å²) in [6.07, 6.45) is 2.70. The van der Waals surface area contributed by atoms with Crippen LogP contribution in [0.1, 0.15) is 37.8 Å². The van der Waals surface area contributed by atoms with E-state index in [9.17, 15) is 9.18 Å². The Balaban J connectivity index is 1.49. The molecule has 1 N–H and O–H groups in total. The van der Waals surface area contributed by atoms with Crippen LogP contribution in [0.2, 0.25) is 0 Å². The third-order valence-corrected chi connectivity index (χ3v) is 6.50. The summed E-state index contributed by atoms with van der Waals surface area (Å²) < 4.78 is 19.2. The second-order valence-electron chi connectivity index (χ2n) is 9.42. The lowest BCUT2D eigenvalue weighted by Gasteiger charge is -2.40. The number of halogens is 1. The molecule has 2 fully saturated rings. The number of nitrogens with one attached hydrogen (secondary N) is 1. The van der Waals surface area contributed by atoms with Crippen molar-refractivity contribution in [3.63, 3.8) is 0 Å². The van der Waals surface area contributed by atoms with Gasteiger partial charge in [-0.2, -0.15) is 0 Å². The molecular weight excluding hydrogens is 391 g/mol. The number of rotatable bonds is 8. The Kier molecular flexibility index (Phi) is 6.91. The van der Waals surface area contributed by atoms with Crippen LogP contribution in [0, 0.1) is 23.6 Å². The number of piperidine rings is 1. The molecule has 2 bridgehead atoms. The van der Waals surface area contributed by atoms with Crippen molar-refractivity contribution in [2.75, 3.05) is 19.7 Å². The summed E-state index contributed by atoms with van der Waals surface area (Å²) in [5.74, 6) is 2.20. The molecule has 31 heavy (non-hydrogen) atoms. The quantitative estimate of drug-likeness (QED) is 0.682. The van der Waals surface area contributed by atoms with Gasteiger partial charge < -0.3 is 15.0 Å². The molecule has 1 saturated carbocycles. The first-order valence-corrected chi connectivity index (χ1v) is 11.5. The Morgan fingerprint density at radius 3 is 2.26 bits per heavy atom. The van der Waals surface area contributed by atoms with Gasteiger partial charge in [0, 0.05) is 12.6 Å². The predicted octanol–water partition coefficient (Wildman–Crippen LogP) is 4.43. The molecule has 0 unspecified atom stereocenters. The molecule has 1 saturated heterocycles. The summed E-state index contributed by atoms with van der Waals surface area (Å²) in [5.41, 5.74) is 1.97. The zero-order valence-electron chi connectivity index (χ0n) is 18.5. The van der Waals surface area contributed by atoms with Crippen molar-refractivity contribution in [2.45, 2.75) is 45.7 Å². The van der Waals surface area contributed by atoms with Crippen molar-refractivity contribution in [1.82, 2.24) is 10.2 Å². The lowest BCUT2D eigenvalue weighted by Crippen LogP contribution is -2.53. The van der Waals surface area contributed by atoms with Crippen molar-refractivity contribution < 1.29 is 13.9 Å². The van der Waals surface area contributed by atoms with E-state index in [2.05, 4.69) is 24.1 Å². The maximum atomic E-state index is 13.5. The average molecular weight is 425 g/mol. The molecule has 1 heterocycles. The fraction of sp³-hybridized carbons (Fsp3) is 0.500. The highest BCUT2D eigenvalue weighted by molar-refractivity contribution is 5.79. The monoisotopic (exact) mass is 424 g/mol. The van der Waals surface area contributed by atoms with Gasteiger partial charge in [0.2, 0.25) is 5.91 Å². The second kappa shape index (κ2) is 9.82. The van der Waals surface area contributed by atoms with Gasteiger partial charge in [-0.1, -0.05) is 38.1 Å². The van der Waals surface area contributed by atoms with Crippen molar-refractivity contribution in [1.29, 1.82) is 0 Å². The van der Waals surface area contributed by atoms with Gasteiger partial charge in [0.1, 0.15) is 11.6 Å².